The van der Waals surface area contributed by atoms with Crippen molar-refractivity contribution in [3.05, 3.63) is 23.7 Å². The number of hydrogen-bond acceptors (Lipinski definition) is 6. The Kier molecular flexibility index (Phi) is 3.80. The number of imidazole rings is 1. The van der Waals surface area contributed by atoms with Crippen LogP contribution in [0.4, 0.5) is 10.9 Å². The van der Waals surface area contributed by atoms with E-state index in [1.165, 1.54) is 11.3 Å². The maximum absolute atomic E-state index is 12.8. The number of nitrogens with one attached hydrogen (secondary N) is 1. The average molecular weight is 373 g/mol. The summed E-state index contributed by atoms with van der Waals surface area (Å²) < 4.78 is 3.54. The van der Waals surface area contributed by atoms with Gasteiger partial charge >= 0.3 is 0 Å². The van der Waals surface area contributed by atoms with E-state index in [1.54, 1.807) is 14.1 Å². The van der Waals surface area contributed by atoms with Crippen molar-refractivity contribution in [2.24, 2.45) is 7.05 Å². The molecule has 1 aliphatic rings. The number of amides is 1. The van der Waals surface area contributed by atoms with E-state index >= 15 is 0 Å². The lowest BCUT2D eigenvalue weighted by Crippen LogP contribution is -2.34. The van der Waals surface area contributed by atoms with Gasteiger partial charge in [0, 0.05) is 25.1 Å². The van der Waals surface area contributed by atoms with Crippen LogP contribution >= 0.6 is 11.3 Å². The van der Waals surface area contributed by atoms with Crippen molar-refractivity contribution in [3.63, 3.8) is 0 Å². The first kappa shape index (κ1) is 17.0. The number of aryl methyl sites for hydroxylation is 2. The molecular weight excluding hydrogens is 350 g/mol. The third kappa shape index (κ3) is 2.86. The number of hydrogen-bond donors (Lipinski definition) is 1. The molecule has 1 N–H and O–H groups in total. The number of fused-ring (bicyclic) bond motifs is 1. The summed E-state index contributed by atoms with van der Waals surface area (Å²) in [6.07, 6.45) is 2.69. The minimum atomic E-state index is -0.275. The minimum Gasteiger partial charge on any atom is -0.348 e. The van der Waals surface area contributed by atoms with E-state index < -0.39 is 0 Å². The molecule has 0 radical (unpaired) electrons. The van der Waals surface area contributed by atoms with Crippen LogP contribution in [0.1, 0.15) is 38.6 Å². The van der Waals surface area contributed by atoms with E-state index in [0.29, 0.717) is 11.7 Å². The van der Waals surface area contributed by atoms with Gasteiger partial charge in [-0.25, -0.2) is 9.50 Å². The van der Waals surface area contributed by atoms with Gasteiger partial charge in [-0.15, -0.1) is 5.10 Å². The van der Waals surface area contributed by atoms with Crippen molar-refractivity contribution in [3.8, 4) is 0 Å². The van der Waals surface area contributed by atoms with Crippen LogP contribution in [0.15, 0.2) is 12.3 Å². The van der Waals surface area contributed by atoms with Gasteiger partial charge in [-0.1, -0.05) is 32.1 Å². The summed E-state index contributed by atoms with van der Waals surface area (Å²) in [4.78, 5) is 20.1. The third-order valence-electron chi connectivity index (χ3n) is 4.57. The molecule has 138 valence electrons. The first-order valence-electron chi connectivity index (χ1n) is 8.67. The van der Waals surface area contributed by atoms with Crippen LogP contribution in [-0.2, 0) is 17.3 Å². The fourth-order valence-corrected chi connectivity index (χ4v) is 3.99. The predicted molar refractivity (Wildman–Crippen MR) is 102 cm³/mol. The van der Waals surface area contributed by atoms with Gasteiger partial charge in [-0.2, -0.15) is 5.10 Å². The number of aromatic nitrogens is 5. The second-order valence-corrected chi connectivity index (χ2v) is 8.71. The number of carbonyl (C=O) groups excluding carboxylic acids is 1. The Bertz CT molecular complexity index is 946. The minimum absolute atomic E-state index is 0.00976. The summed E-state index contributed by atoms with van der Waals surface area (Å²) in [5.74, 6) is 0.886. The second kappa shape index (κ2) is 5.80. The Balaban J connectivity index is 1.51. The van der Waals surface area contributed by atoms with Crippen molar-refractivity contribution in [1.82, 2.24) is 24.4 Å². The molecule has 1 amide bonds. The van der Waals surface area contributed by atoms with E-state index in [-0.39, 0.29) is 17.4 Å². The maximum Gasteiger partial charge on any atom is 0.250 e. The van der Waals surface area contributed by atoms with Gasteiger partial charge in [0.25, 0.3) is 5.91 Å². The Labute approximate surface area is 155 Å². The van der Waals surface area contributed by atoms with E-state index in [2.05, 4.69) is 41.3 Å². The zero-order valence-corrected chi connectivity index (χ0v) is 16.5. The van der Waals surface area contributed by atoms with Crippen LogP contribution in [0.25, 0.3) is 4.96 Å². The Morgan fingerprint density at radius 3 is 2.69 bits per heavy atom. The summed E-state index contributed by atoms with van der Waals surface area (Å²) in [5.41, 5.74) is 1.91. The summed E-state index contributed by atoms with van der Waals surface area (Å²) in [5, 5.41) is 12.9. The highest BCUT2D eigenvalue weighted by atomic mass is 32.1. The molecular formula is C17H23N7OS. The zero-order valence-electron chi connectivity index (χ0n) is 15.6. The van der Waals surface area contributed by atoms with Gasteiger partial charge < -0.3 is 5.32 Å². The van der Waals surface area contributed by atoms with Crippen LogP contribution in [0.5, 0.6) is 0 Å². The zero-order chi connectivity index (χ0) is 18.6. The SMILES string of the molecule is Cc1cc(N2CCC(Nc3nn4cc(C(C)(C)C)nc4s3)C2=O)n(C)n1. The Morgan fingerprint density at radius 1 is 1.31 bits per heavy atom. The van der Waals surface area contributed by atoms with Gasteiger partial charge in [0.1, 0.15) is 11.9 Å². The Hall–Kier alpha value is -2.42. The van der Waals surface area contributed by atoms with Crippen LogP contribution < -0.4 is 10.2 Å². The molecule has 0 saturated carbocycles. The van der Waals surface area contributed by atoms with Crippen molar-refractivity contribution in [2.75, 3.05) is 16.8 Å². The van der Waals surface area contributed by atoms with Crippen LogP contribution in [0.3, 0.4) is 0 Å². The molecule has 0 aromatic carbocycles. The monoisotopic (exact) mass is 373 g/mol. The first-order valence-corrected chi connectivity index (χ1v) is 9.49. The summed E-state index contributed by atoms with van der Waals surface area (Å²) in [6, 6.07) is 1.66. The van der Waals surface area contributed by atoms with E-state index in [1.807, 2.05) is 26.2 Å². The molecule has 3 aromatic heterocycles. The molecule has 4 rings (SSSR count). The standard InChI is InChI=1S/C17H23N7OS/c1-10-8-13(22(5)20-10)23-7-6-11(14(23)25)18-15-21-24-9-12(17(2,3)4)19-16(24)26-15/h8-9,11H,6-7H2,1-5H3,(H,18,21). The maximum atomic E-state index is 12.8. The second-order valence-electron chi connectivity index (χ2n) is 7.75. The molecule has 0 spiro atoms. The summed E-state index contributed by atoms with van der Waals surface area (Å²) in [7, 11) is 1.86. The molecule has 3 aromatic rings. The van der Waals surface area contributed by atoms with Crippen molar-refractivity contribution >= 4 is 33.2 Å². The molecule has 9 heteroatoms. The highest BCUT2D eigenvalue weighted by Crippen LogP contribution is 2.28. The van der Waals surface area contributed by atoms with Gasteiger partial charge in [0.2, 0.25) is 10.1 Å². The van der Waals surface area contributed by atoms with E-state index in [9.17, 15) is 4.79 Å². The molecule has 1 aliphatic heterocycles. The molecule has 0 aliphatic carbocycles. The van der Waals surface area contributed by atoms with Crippen molar-refractivity contribution in [1.29, 1.82) is 0 Å². The number of rotatable bonds is 3. The Morgan fingerprint density at radius 2 is 2.08 bits per heavy atom. The highest BCUT2D eigenvalue weighted by molar-refractivity contribution is 7.20. The average Bonchev–Trinajstić information content (AvgIpc) is 3.24. The topological polar surface area (TPSA) is 80.4 Å². The normalized spacial score (nSPS) is 18.3. The van der Waals surface area contributed by atoms with Gasteiger partial charge in [-0.05, 0) is 13.3 Å². The predicted octanol–water partition coefficient (Wildman–Crippen LogP) is 2.35. The first-order chi connectivity index (χ1) is 12.2. The molecule has 1 atom stereocenters. The van der Waals surface area contributed by atoms with Crippen molar-refractivity contribution < 1.29 is 4.79 Å². The van der Waals surface area contributed by atoms with Gasteiger partial charge in [0.05, 0.1) is 17.6 Å². The number of carbonyl (C=O) groups is 1. The van der Waals surface area contributed by atoms with E-state index in [4.69, 9.17) is 0 Å². The highest BCUT2D eigenvalue weighted by Gasteiger charge is 2.34. The number of nitrogens with zero attached hydrogens (tertiary/aromatic N) is 6. The molecule has 1 saturated heterocycles. The lowest BCUT2D eigenvalue weighted by molar-refractivity contribution is -0.117. The van der Waals surface area contributed by atoms with Crippen LogP contribution in [0, 0.1) is 6.92 Å². The molecule has 1 fully saturated rings. The third-order valence-corrected chi connectivity index (χ3v) is 5.42. The molecule has 4 heterocycles. The van der Waals surface area contributed by atoms with Crippen LogP contribution in [-0.4, -0.2) is 42.9 Å². The lowest BCUT2D eigenvalue weighted by Gasteiger charge is -2.16. The molecule has 1 unspecified atom stereocenters. The quantitative estimate of drug-likeness (QED) is 0.762. The summed E-state index contributed by atoms with van der Waals surface area (Å²) >= 11 is 1.47. The fourth-order valence-electron chi connectivity index (χ4n) is 3.16. The largest absolute Gasteiger partial charge is 0.348 e. The van der Waals surface area contributed by atoms with Gasteiger partial charge in [-0.3, -0.25) is 14.4 Å². The van der Waals surface area contributed by atoms with Crippen LogP contribution in [0.2, 0.25) is 0 Å². The molecule has 26 heavy (non-hydrogen) atoms. The smallest absolute Gasteiger partial charge is 0.250 e. The van der Waals surface area contributed by atoms with E-state index in [0.717, 1.165) is 28.6 Å². The molecule has 8 nitrogen and oxygen atoms in total. The fraction of sp³-hybridized carbons (Fsp3) is 0.529. The lowest BCUT2D eigenvalue weighted by atomic mass is 9.93. The summed E-state index contributed by atoms with van der Waals surface area (Å²) in [6.45, 7) is 8.99. The van der Waals surface area contributed by atoms with Crippen molar-refractivity contribution in [2.45, 2.75) is 45.6 Å². The van der Waals surface area contributed by atoms with Gasteiger partial charge in [0.15, 0.2) is 0 Å². The molecule has 0 bridgehead atoms. The number of anilines is 2.